The Balaban J connectivity index is 1.77. The SMILES string of the molecule is CC(C)OCCNCC1CCCc2ccccc21. The molecule has 2 rings (SSSR count). The van der Waals surface area contributed by atoms with E-state index in [1.54, 1.807) is 11.1 Å². The van der Waals surface area contributed by atoms with Crippen molar-refractivity contribution in [1.29, 1.82) is 0 Å². The predicted molar refractivity (Wildman–Crippen MR) is 76.1 cm³/mol. The average molecular weight is 247 g/mol. The molecule has 0 heterocycles. The van der Waals surface area contributed by atoms with Crippen LogP contribution in [0.25, 0.3) is 0 Å². The van der Waals surface area contributed by atoms with Crippen LogP contribution in [-0.4, -0.2) is 25.8 Å². The van der Waals surface area contributed by atoms with Crippen LogP contribution in [0, 0.1) is 0 Å². The highest BCUT2D eigenvalue weighted by Crippen LogP contribution is 2.30. The van der Waals surface area contributed by atoms with E-state index >= 15 is 0 Å². The van der Waals surface area contributed by atoms with Gasteiger partial charge in [-0.15, -0.1) is 0 Å². The fraction of sp³-hybridized carbons (Fsp3) is 0.625. The van der Waals surface area contributed by atoms with E-state index in [2.05, 4.69) is 43.4 Å². The van der Waals surface area contributed by atoms with Gasteiger partial charge in [0.25, 0.3) is 0 Å². The van der Waals surface area contributed by atoms with Gasteiger partial charge in [-0.2, -0.15) is 0 Å². The van der Waals surface area contributed by atoms with Crippen LogP contribution < -0.4 is 5.32 Å². The van der Waals surface area contributed by atoms with Gasteiger partial charge in [-0.05, 0) is 50.2 Å². The van der Waals surface area contributed by atoms with Crippen LogP contribution in [0.4, 0.5) is 0 Å². The van der Waals surface area contributed by atoms with Gasteiger partial charge in [0.05, 0.1) is 12.7 Å². The minimum atomic E-state index is 0.335. The van der Waals surface area contributed by atoms with Crippen molar-refractivity contribution in [2.45, 2.75) is 45.1 Å². The number of rotatable bonds is 6. The first-order valence-corrected chi connectivity index (χ1v) is 7.17. The van der Waals surface area contributed by atoms with Crippen molar-refractivity contribution in [3.05, 3.63) is 35.4 Å². The second-order valence-electron chi connectivity index (χ2n) is 5.41. The van der Waals surface area contributed by atoms with Crippen molar-refractivity contribution < 1.29 is 4.74 Å². The number of fused-ring (bicyclic) bond motifs is 1. The van der Waals surface area contributed by atoms with Gasteiger partial charge in [-0.25, -0.2) is 0 Å². The van der Waals surface area contributed by atoms with Crippen LogP contribution in [0.3, 0.4) is 0 Å². The summed E-state index contributed by atoms with van der Waals surface area (Å²) in [6.07, 6.45) is 4.23. The molecule has 1 aromatic rings. The molecular weight excluding hydrogens is 222 g/mol. The Morgan fingerprint density at radius 1 is 1.33 bits per heavy atom. The molecule has 0 amide bonds. The normalized spacial score (nSPS) is 18.9. The Morgan fingerprint density at radius 2 is 2.17 bits per heavy atom. The molecule has 0 aliphatic heterocycles. The summed E-state index contributed by atoms with van der Waals surface area (Å²) in [7, 11) is 0. The first-order valence-electron chi connectivity index (χ1n) is 7.17. The predicted octanol–water partition coefficient (Wildman–Crippen LogP) is 3.12. The molecule has 1 unspecified atom stereocenters. The highest BCUT2D eigenvalue weighted by Gasteiger charge is 2.18. The Morgan fingerprint density at radius 3 is 3.00 bits per heavy atom. The average Bonchev–Trinajstić information content (AvgIpc) is 2.38. The van der Waals surface area contributed by atoms with E-state index in [1.165, 1.54) is 19.3 Å². The van der Waals surface area contributed by atoms with Crippen LogP contribution in [0.1, 0.15) is 43.7 Å². The zero-order valence-electron chi connectivity index (χ0n) is 11.6. The molecule has 0 saturated carbocycles. The number of benzene rings is 1. The lowest BCUT2D eigenvalue weighted by molar-refractivity contribution is 0.0806. The van der Waals surface area contributed by atoms with Crippen molar-refractivity contribution in [2.24, 2.45) is 0 Å². The molecule has 100 valence electrons. The van der Waals surface area contributed by atoms with Crippen molar-refractivity contribution >= 4 is 0 Å². The van der Waals surface area contributed by atoms with Crippen LogP contribution >= 0.6 is 0 Å². The van der Waals surface area contributed by atoms with E-state index in [0.29, 0.717) is 12.0 Å². The molecule has 18 heavy (non-hydrogen) atoms. The van der Waals surface area contributed by atoms with Gasteiger partial charge < -0.3 is 10.1 Å². The van der Waals surface area contributed by atoms with Gasteiger partial charge in [-0.1, -0.05) is 24.3 Å². The van der Waals surface area contributed by atoms with Crippen LogP contribution in [0.5, 0.6) is 0 Å². The molecule has 0 aromatic heterocycles. The second kappa shape index (κ2) is 6.91. The summed E-state index contributed by atoms with van der Waals surface area (Å²) in [6.45, 7) is 7.01. The minimum Gasteiger partial charge on any atom is -0.377 e. The second-order valence-corrected chi connectivity index (χ2v) is 5.41. The zero-order chi connectivity index (χ0) is 12.8. The molecule has 1 atom stereocenters. The topological polar surface area (TPSA) is 21.3 Å². The molecule has 2 nitrogen and oxygen atoms in total. The highest BCUT2D eigenvalue weighted by atomic mass is 16.5. The maximum Gasteiger partial charge on any atom is 0.0594 e. The van der Waals surface area contributed by atoms with E-state index < -0.39 is 0 Å². The summed E-state index contributed by atoms with van der Waals surface area (Å²) in [5, 5.41) is 3.53. The molecule has 0 fully saturated rings. The number of hydrogen-bond donors (Lipinski definition) is 1. The number of ether oxygens (including phenoxy) is 1. The fourth-order valence-electron chi connectivity index (χ4n) is 2.71. The Kier molecular flexibility index (Phi) is 5.21. The van der Waals surface area contributed by atoms with E-state index in [4.69, 9.17) is 4.74 Å². The lowest BCUT2D eigenvalue weighted by Crippen LogP contribution is -2.28. The quantitative estimate of drug-likeness (QED) is 0.780. The first kappa shape index (κ1) is 13.6. The Labute approximate surface area is 111 Å². The van der Waals surface area contributed by atoms with E-state index in [-0.39, 0.29) is 0 Å². The summed E-state index contributed by atoms with van der Waals surface area (Å²) in [4.78, 5) is 0. The van der Waals surface area contributed by atoms with Crippen molar-refractivity contribution in [1.82, 2.24) is 5.32 Å². The number of nitrogens with one attached hydrogen (secondary N) is 1. The van der Waals surface area contributed by atoms with E-state index in [1.807, 2.05) is 0 Å². The molecule has 0 spiro atoms. The maximum atomic E-state index is 5.54. The Bertz CT molecular complexity index is 362. The minimum absolute atomic E-state index is 0.335. The molecule has 1 aliphatic carbocycles. The third kappa shape index (κ3) is 3.82. The van der Waals surface area contributed by atoms with E-state index in [0.717, 1.165) is 19.7 Å². The first-order chi connectivity index (χ1) is 8.77. The molecule has 0 saturated heterocycles. The van der Waals surface area contributed by atoms with Gasteiger partial charge >= 0.3 is 0 Å². The van der Waals surface area contributed by atoms with Gasteiger partial charge in [0.15, 0.2) is 0 Å². The van der Waals surface area contributed by atoms with Crippen LogP contribution in [-0.2, 0) is 11.2 Å². The van der Waals surface area contributed by atoms with Gasteiger partial charge in [0.1, 0.15) is 0 Å². The van der Waals surface area contributed by atoms with Gasteiger partial charge in [0.2, 0.25) is 0 Å². The summed E-state index contributed by atoms with van der Waals surface area (Å²) in [5.41, 5.74) is 3.11. The molecule has 1 aliphatic rings. The van der Waals surface area contributed by atoms with Crippen molar-refractivity contribution in [2.75, 3.05) is 19.7 Å². The highest BCUT2D eigenvalue weighted by molar-refractivity contribution is 5.32. The summed E-state index contributed by atoms with van der Waals surface area (Å²) in [5.74, 6) is 0.689. The van der Waals surface area contributed by atoms with Gasteiger partial charge in [-0.3, -0.25) is 0 Å². The lowest BCUT2D eigenvalue weighted by Gasteiger charge is -2.25. The molecule has 2 heteroatoms. The van der Waals surface area contributed by atoms with Crippen molar-refractivity contribution in [3.8, 4) is 0 Å². The molecule has 0 radical (unpaired) electrons. The third-order valence-corrected chi connectivity index (χ3v) is 3.61. The maximum absolute atomic E-state index is 5.54. The largest absolute Gasteiger partial charge is 0.377 e. The molecular formula is C16H25NO. The number of hydrogen-bond acceptors (Lipinski definition) is 2. The lowest BCUT2D eigenvalue weighted by atomic mass is 9.83. The van der Waals surface area contributed by atoms with Gasteiger partial charge in [0, 0.05) is 13.1 Å². The number of aryl methyl sites for hydroxylation is 1. The summed E-state index contributed by atoms with van der Waals surface area (Å²) >= 11 is 0. The van der Waals surface area contributed by atoms with Crippen LogP contribution in [0.2, 0.25) is 0 Å². The summed E-state index contributed by atoms with van der Waals surface area (Å²) < 4.78 is 5.54. The van der Waals surface area contributed by atoms with Crippen LogP contribution in [0.15, 0.2) is 24.3 Å². The zero-order valence-corrected chi connectivity index (χ0v) is 11.6. The fourth-order valence-corrected chi connectivity index (χ4v) is 2.71. The standard InChI is InChI=1S/C16H25NO/c1-13(2)18-11-10-17-12-15-8-5-7-14-6-3-4-9-16(14)15/h3-4,6,9,13,15,17H,5,7-8,10-12H2,1-2H3. The molecule has 0 bridgehead atoms. The molecule has 1 aromatic carbocycles. The molecule has 1 N–H and O–H groups in total. The smallest absolute Gasteiger partial charge is 0.0594 e. The van der Waals surface area contributed by atoms with E-state index in [9.17, 15) is 0 Å². The Hall–Kier alpha value is -0.860. The monoisotopic (exact) mass is 247 g/mol. The third-order valence-electron chi connectivity index (χ3n) is 3.61. The summed E-state index contributed by atoms with van der Waals surface area (Å²) in [6, 6.07) is 8.90. The van der Waals surface area contributed by atoms with Crippen molar-refractivity contribution in [3.63, 3.8) is 0 Å².